The maximum Gasteiger partial charge on any atom is 0.264 e. The number of nitrogens with zero attached hydrogens (tertiary/aromatic N) is 1. The summed E-state index contributed by atoms with van der Waals surface area (Å²) in [5.41, 5.74) is 5.78. The average molecular weight is 477 g/mol. The number of amides is 1. The molecule has 178 valence electrons. The number of sulfone groups is 1. The first-order valence-electron chi connectivity index (χ1n) is 10.3. The Labute approximate surface area is 192 Å². The van der Waals surface area contributed by atoms with Gasteiger partial charge in [-0.15, -0.1) is 0 Å². The number of hydrogen-bond donors (Lipinski definition) is 3. The molecule has 33 heavy (non-hydrogen) atoms. The Balaban J connectivity index is 1.69. The Morgan fingerprint density at radius 1 is 1.18 bits per heavy atom. The summed E-state index contributed by atoms with van der Waals surface area (Å²) in [7, 11) is -2.27. The predicted molar refractivity (Wildman–Crippen MR) is 123 cm³/mol. The van der Waals surface area contributed by atoms with Crippen LogP contribution in [0.15, 0.2) is 53.7 Å². The monoisotopic (exact) mass is 476 g/mol. The summed E-state index contributed by atoms with van der Waals surface area (Å²) in [5.74, 6) is -1.01. The number of aliphatic hydroxyl groups is 1. The van der Waals surface area contributed by atoms with Gasteiger partial charge in [0.25, 0.3) is 5.91 Å². The molecule has 0 aliphatic carbocycles. The summed E-state index contributed by atoms with van der Waals surface area (Å²) in [6, 6.07) is 15.4. The maximum absolute atomic E-state index is 12.2. The molecule has 3 rings (SSSR count). The molecule has 2 aromatic carbocycles. The second kappa shape index (κ2) is 10.0. The molecule has 0 fully saturated rings. The van der Waals surface area contributed by atoms with Gasteiger partial charge in [-0.05, 0) is 29.2 Å². The Morgan fingerprint density at radius 3 is 2.21 bits per heavy atom. The molecule has 1 aliphatic heterocycles. The van der Waals surface area contributed by atoms with Crippen molar-refractivity contribution in [1.29, 1.82) is 0 Å². The lowest BCUT2D eigenvalue weighted by Gasteiger charge is -2.26. The highest BCUT2D eigenvalue weighted by molar-refractivity contribution is 7.92. The van der Waals surface area contributed by atoms with Crippen molar-refractivity contribution in [1.82, 2.24) is 5.48 Å². The van der Waals surface area contributed by atoms with Crippen LogP contribution in [0.25, 0.3) is 11.1 Å². The third kappa shape index (κ3) is 5.25. The topological polar surface area (TPSA) is 135 Å². The predicted octanol–water partition coefficient (Wildman–Crippen LogP) is 2.23. The Morgan fingerprint density at radius 2 is 1.73 bits per heavy atom. The summed E-state index contributed by atoms with van der Waals surface area (Å²) in [5, 5.41) is 22.4. The fraction of sp³-hybridized carbons (Fsp3) is 0.391. The summed E-state index contributed by atoms with van der Waals surface area (Å²) in [4.78, 5) is 17.4. The van der Waals surface area contributed by atoms with Crippen molar-refractivity contribution >= 4 is 21.5 Å². The number of carbonyl (C=O) groups is 1. The smallest absolute Gasteiger partial charge is 0.264 e. The van der Waals surface area contributed by atoms with Gasteiger partial charge < -0.3 is 14.7 Å². The highest BCUT2D eigenvalue weighted by Crippen LogP contribution is 2.30. The van der Waals surface area contributed by atoms with Gasteiger partial charge >= 0.3 is 0 Å². The van der Waals surface area contributed by atoms with Crippen LogP contribution >= 0.6 is 0 Å². The van der Waals surface area contributed by atoms with E-state index in [0.29, 0.717) is 12.1 Å². The molecule has 3 atom stereocenters. The zero-order valence-electron chi connectivity index (χ0n) is 18.7. The molecule has 0 bridgehead atoms. The second-order valence-corrected chi connectivity index (χ2v) is 10.7. The van der Waals surface area contributed by atoms with Crippen LogP contribution < -0.4 is 5.48 Å². The van der Waals surface area contributed by atoms with Gasteiger partial charge in [-0.3, -0.25) is 10.0 Å². The normalized spacial score (nSPS) is 18.7. The van der Waals surface area contributed by atoms with Crippen LogP contribution in [-0.2, 0) is 24.2 Å². The van der Waals surface area contributed by atoms with E-state index in [-0.39, 0.29) is 19.1 Å². The van der Waals surface area contributed by atoms with E-state index < -0.39 is 26.6 Å². The first-order valence-corrected chi connectivity index (χ1v) is 12.2. The summed E-state index contributed by atoms with van der Waals surface area (Å²) in [6.45, 7) is 1.16. The van der Waals surface area contributed by atoms with E-state index in [1.807, 2.05) is 48.5 Å². The molecule has 3 N–H and O–H groups in total. The number of aliphatic hydroxyl groups excluding tert-OH is 1. The van der Waals surface area contributed by atoms with Crippen LogP contribution in [0.2, 0.25) is 0 Å². The minimum absolute atomic E-state index is 0.0935. The molecule has 2 aromatic rings. The summed E-state index contributed by atoms with van der Waals surface area (Å²) >= 11 is 0. The van der Waals surface area contributed by atoms with Crippen molar-refractivity contribution in [3.8, 4) is 11.1 Å². The SMILES string of the molecule is COC(CO)c1ccc(-c2ccc(C3=NO[C@@H](C[C@](C)(C(=O)NO)S(C)(=O)=O)C3)cc2)cc1. The zero-order valence-corrected chi connectivity index (χ0v) is 19.5. The van der Waals surface area contributed by atoms with Crippen LogP contribution in [0.4, 0.5) is 0 Å². The number of ether oxygens (including phenoxy) is 1. The van der Waals surface area contributed by atoms with Gasteiger partial charge in [0.2, 0.25) is 0 Å². The molecule has 10 heteroatoms. The highest BCUT2D eigenvalue weighted by Gasteiger charge is 2.47. The van der Waals surface area contributed by atoms with Crippen molar-refractivity contribution in [2.75, 3.05) is 20.0 Å². The van der Waals surface area contributed by atoms with Crippen molar-refractivity contribution in [2.24, 2.45) is 5.16 Å². The van der Waals surface area contributed by atoms with E-state index in [1.165, 1.54) is 12.4 Å². The average Bonchev–Trinajstić information content (AvgIpc) is 3.27. The number of nitrogens with one attached hydrogen (secondary N) is 1. The Bertz CT molecular complexity index is 1110. The van der Waals surface area contributed by atoms with E-state index in [1.54, 1.807) is 7.11 Å². The molecule has 0 spiro atoms. The quantitative estimate of drug-likeness (QED) is 0.373. The lowest BCUT2D eigenvalue weighted by atomic mass is 9.95. The van der Waals surface area contributed by atoms with E-state index in [2.05, 4.69) is 5.16 Å². The van der Waals surface area contributed by atoms with Crippen molar-refractivity contribution < 1.29 is 33.1 Å². The van der Waals surface area contributed by atoms with Crippen molar-refractivity contribution in [2.45, 2.75) is 36.7 Å². The standard InChI is InChI=1S/C23H28N2O7S/c1-23(22(27)24-28,33(3,29)30)13-19-12-20(25-32-19)17-8-4-15(5-9-17)16-6-10-18(11-7-16)21(14-26)31-2/h4-11,19,21,26,28H,12-14H2,1-3H3,(H,24,27)/t19-,21?,23-/m1/s1. The van der Waals surface area contributed by atoms with Crippen LogP contribution in [0, 0.1) is 0 Å². The molecule has 0 aromatic heterocycles. The van der Waals surface area contributed by atoms with Crippen LogP contribution in [-0.4, -0.2) is 61.2 Å². The molecule has 1 heterocycles. The summed E-state index contributed by atoms with van der Waals surface area (Å²) in [6.07, 6.45) is 0.152. The number of benzene rings is 2. The molecule has 0 saturated heterocycles. The van der Waals surface area contributed by atoms with E-state index in [4.69, 9.17) is 14.8 Å². The first kappa shape index (κ1) is 24.8. The molecule has 0 saturated carbocycles. The molecule has 1 amide bonds. The van der Waals surface area contributed by atoms with Gasteiger partial charge in [0.15, 0.2) is 14.6 Å². The molecule has 0 radical (unpaired) electrons. The first-order chi connectivity index (χ1) is 15.6. The van der Waals surface area contributed by atoms with Gasteiger partial charge in [-0.25, -0.2) is 13.9 Å². The Kier molecular flexibility index (Phi) is 7.53. The van der Waals surface area contributed by atoms with E-state index >= 15 is 0 Å². The number of oxime groups is 1. The fourth-order valence-corrected chi connectivity index (χ4v) is 4.61. The van der Waals surface area contributed by atoms with Gasteiger partial charge in [0, 0.05) is 26.2 Å². The summed E-state index contributed by atoms with van der Waals surface area (Å²) < 4.78 is 27.7. The lowest BCUT2D eigenvalue weighted by Crippen LogP contribution is -2.51. The molecule has 1 unspecified atom stereocenters. The number of methoxy groups -OCH3 is 1. The van der Waals surface area contributed by atoms with Crippen LogP contribution in [0.3, 0.4) is 0 Å². The molecule has 1 aliphatic rings. The number of carbonyl (C=O) groups excluding carboxylic acids is 1. The minimum Gasteiger partial charge on any atom is -0.393 e. The van der Waals surface area contributed by atoms with Gasteiger partial charge in [-0.2, -0.15) is 0 Å². The molecular weight excluding hydrogens is 448 g/mol. The highest BCUT2D eigenvalue weighted by atomic mass is 32.2. The number of hydrogen-bond acceptors (Lipinski definition) is 8. The van der Waals surface area contributed by atoms with Gasteiger partial charge in [-0.1, -0.05) is 53.7 Å². The third-order valence-corrected chi connectivity index (χ3v) is 8.02. The fourth-order valence-electron chi connectivity index (χ4n) is 3.73. The molecule has 9 nitrogen and oxygen atoms in total. The minimum atomic E-state index is -3.82. The van der Waals surface area contributed by atoms with Gasteiger partial charge in [0.1, 0.15) is 12.2 Å². The van der Waals surface area contributed by atoms with Gasteiger partial charge in [0.05, 0.1) is 12.3 Å². The molecular formula is C23H28N2O7S. The van der Waals surface area contributed by atoms with E-state index in [9.17, 15) is 18.3 Å². The largest absolute Gasteiger partial charge is 0.393 e. The third-order valence-electron chi connectivity index (χ3n) is 6.03. The number of rotatable bonds is 9. The lowest BCUT2D eigenvalue weighted by molar-refractivity contribution is -0.132. The van der Waals surface area contributed by atoms with Crippen molar-refractivity contribution in [3.05, 3.63) is 59.7 Å². The number of hydroxylamine groups is 1. The van der Waals surface area contributed by atoms with E-state index in [0.717, 1.165) is 28.5 Å². The van der Waals surface area contributed by atoms with Crippen molar-refractivity contribution in [3.63, 3.8) is 0 Å². The Hall–Kier alpha value is -2.79. The zero-order chi connectivity index (χ0) is 24.2. The maximum atomic E-state index is 12.2. The van der Waals surface area contributed by atoms with Crippen LogP contribution in [0.5, 0.6) is 0 Å². The second-order valence-electron chi connectivity index (χ2n) is 8.22. The van der Waals surface area contributed by atoms with Crippen LogP contribution in [0.1, 0.15) is 37.0 Å².